The third-order valence-electron chi connectivity index (χ3n) is 12.3. The highest BCUT2D eigenvalue weighted by atomic mass is 35.5. The van der Waals surface area contributed by atoms with Gasteiger partial charge in [-0.25, -0.2) is 4.39 Å². The van der Waals surface area contributed by atoms with Crippen molar-refractivity contribution in [1.82, 2.24) is 4.90 Å². The fraction of sp³-hybridized carbons (Fsp3) is 0.438. The van der Waals surface area contributed by atoms with E-state index in [0.29, 0.717) is 56.1 Å². The second kappa shape index (κ2) is 19.7. The zero-order chi connectivity index (χ0) is 43.1. The number of Topliss-reactive ketones (excluding diaryl/α,β-unsaturated/α-hetero) is 1. The van der Waals surface area contributed by atoms with Crippen molar-refractivity contribution < 1.29 is 47.1 Å². The first-order chi connectivity index (χ1) is 28.5. The van der Waals surface area contributed by atoms with Gasteiger partial charge in [0.05, 0.1) is 31.0 Å². The van der Waals surface area contributed by atoms with Gasteiger partial charge in [0, 0.05) is 47.6 Å². The number of allylic oxidation sites excluding steroid dienone is 2. The van der Waals surface area contributed by atoms with Gasteiger partial charge in [-0.05, 0) is 110 Å². The number of nitrogens with zero attached hydrogens (tertiary/aromatic N) is 1. The monoisotopic (exact) mass is 851 g/mol. The topological polar surface area (TPSA) is 99.5 Å². The average molecular weight is 852 g/mol. The summed E-state index contributed by atoms with van der Waals surface area (Å²) in [4.78, 5) is 16.3. The molecule has 4 aromatic rings. The molecule has 0 aliphatic heterocycles. The summed E-state index contributed by atoms with van der Waals surface area (Å²) >= 11 is 6.39. The van der Waals surface area contributed by atoms with Crippen LogP contribution >= 0.6 is 11.6 Å². The van der Waals surface area contributed by atoms with E-state index in [2.05, 4.69) is 10.8 Å². The number of benzene rings is 4. The zero-order valence-electron chi connectivity index (χ0n) is 34.1. The third-order valence-corrected chi connectivity index (χ3v) is 12.7. The van der Waals surface area contributed by atoms with Crippen LogP contribution in [0.4, 0.5) is 17.6 Å². The van der Waals surface area contributed by atoms with E-state index in [1.165, 1.54) is 36.4 Å². The second-order valence-electron chi connectivity index (χ2n) is 16.8. The first-order valence-electron chi connectivity index (χ1n) is 20.5. The maximum absolute atomic E-state index is 15.0. The minimum absolute atomic E-state index is 0.00465. The van der Waals surface area contributed by atoms with Crippen molar-refractivity contribution in [3.8, 4) is 5.75 Å². The van der Waals surface area contributed by atoms with Crippen LogP contribution in [0.1, 0.15) is 96.5 Å². The van der Waals surface area contributed by atoms with Crippen molar-refractivity contribution in [2.24, 2.45) is 5.41 Å². The summed E-state index contributed by atoms with van der Waals surface area (Å²) in [5, 5.41) is 35.6. The van der Waals surface area contributed by atoms with E-state index in [-0.39, 0.29) is 67.3 Å². The highest BCUT2D eigenvalue weighted by Gasteiger charge is 2.57. The molecule has 3 aliphatic rings. The first kappa shape index (κ1) is 45.4. The second-order valence-corrected chi connectivity index (χ2v) is 17.2. The van der Waals surface area contributed by atoms with Crippen molar-refractivity contribution >= 4 is 17.4 Å². The van der Waals surface area contributed by atoms with Crippen LogP contribution in [-0.4, -0.2) is 69.9 Å². The molecule has 0 spiro atoms. The van der Waals surface area contributed by atoms with Crippen LogP contribution in [0.5, 0.6) is 5.75 Å². The van der Waals surface area contributed by atoms with Gasteiger partial charge in [-0.1, -0.05) is 90.8 Å². The van der Waals surface area contributed by atoms with E-state index in [1.54, 1.807) is 12.1 Å². The molecule has 0 unspecified atom stereocenters. The SMILES string of the molecule is CC1=CCC[C@@]2(C)[C@@H](CC[C@@]2(O)CN(Cc2ccc(OC(F)(F)F)cc2)C[C@@H](O)COCc2ccccc2)c2ccc(cc2C(=O)Cc2c(F)cccc2Cl)C[C@@H](O)CC1. The van der Waals surface area contributed by atoms with Crippen molar-refractivity contribution in [3.05, 3.63) is 147 Å². The smallest absolute Gasteiger partial charge is 0.406 e. The number of rotatable bonds is 14. The first-order valence-corrected chi connectivity index (χ1v) is 20.9. The standard InChI is InChI=1S/C48H54ClF4NO6/c1-32-8-7-22-46(2)42(39-20-16-35(24-36(55)17-13-32)25-40(39)45(57)26-41-43(49)11-6-12-44(41)50)21-23-47(46,58)31-54(27-33-14-18-38(19-15-33)60-48(51,52)53)28-37(56)30-59-29-34-9-4-3-5-10-34/h3-6,8-12,14-16,18-20,25,36-37,42,55-56,58H,7,13,17,21-24,26-31H2,1-2H3/t36-,37+,42-,46-,47+/m0/s1. The highest BCUT2D eigenvalue weighted by Crippen LogP contribution is 2.59. The summed E-state index contributed by atoms with van der Waals surface area (Å²) in [7, 11) is 0. The van der Waals surface area contributed by atoms with Crippen LogP contribution < -0.4 is 4.74 Å². The lowest BCUT2D eigenvalue weighted by atomic mass is 9.64. The number of hydrogen-bond acceptors (Lipinski definition) is 7. The number of fused-ring (bicyclic) bond motifs is 8. The summed E-state index contributed by atoms with van der Waals surface area (Å²) in [5.41, 5.74) is 2.49. The Labute approximate surface area is 354 Å². The number of carbonyl (C=O) groups is 1. The van der Waals surface area contributed by atoms with Crippen LogP contribution in [0.15, 0.2) is 103 Å². The Morgan fingerprint density at radius 1 is 0.983 bits per heavy atom. The van der Waals surface area contributed by atoms with Gasteiger partial charge in [0.15, 0.2) is 5.78 Å². The summed E-state index contributed by atoms with van der Waals surface area (Å²) in [6, 6.07) is 25.0. The molecule has 1 saturated carbocycles. The van der Waals surface area contributed by atoms with Crippen molar-refractivity contribution in [3.63, 3.8) is 0 Å². The molecule has 3 aliphatic carbocycles. The number of alkyl halides is 3. The van der Waals surface area contributed by atoms with E-state index in [4.69, 9.17) is 16.3 Å². The molecule has 322 valence electrons. The van der Waals surface area contributed by atoms with Crippen LogP contribution in [0, 0.1) is 11.2 Å². The van der Waals surface area contributed by atoms with Gasteiger partial charge in [-0.3, -0.25) is 9.69 Å². The quantitative estimate of drug-likeness (QED) is 0.0660. The lowest BCUT2D eigenvalue weighted by Crippen LogP contribution is -2.53. The van der Waals surface area contributed by atoms with E-state index in [0.717, 1.165) is 22.3 Å². The minimum Gasteiger partial charge on any atom is -0.406 e. The molecule has 60 heavy (non-hydrogen) atoms. The molecule has 0 saturated heterocycles. The fourth-order valence-corrected chi connectivity index (χ4v) is 9.28. The van der Waals surface area contributed by atoms with Crippen molar-refractivity contribution in [2.75, 3.05) is 19.7 Å². The Kier molecular flexibility index (Phi) is 14.9. The minimum atomic E-state index is -4.84. The molecule has 0 radical (unpaired) electrons. The normalized spacial score (nSPS) is 22.9. The third kappa shape index (κ3) is 11.6. The van der Waals surface area contributed by atoms with Gasteiger partial charge >= 0.3 is 6.36 Å². The van der Waals surface area contributed by atoms with E-state index in [9.17, 15) is 33.3 Å². The molecule has 7 rings (SSSR count). The molecule has 5 atom stereocenters. The Bertz CT molecular complexity index is 2080. The van der Waals surface area contributed by atoms with Gasteiger partial charge in [0.25, 0.3) is 0 Å². The maximum Gasteiger partial charge on any atom is 0.573 e. The van der Waals surface area contributed by atoms with Gasteiger partial charge < -0.3 is 24.8 Å². The van der Waals surface area contributed by atoms with E-state index < -0.39 is 35.4 Å². The Hall–Kier alpha value is -4.10. The summed E-state index contributed by atoms with van der Waals surface area (Å²) in [6.07, 6.45) is -1.05. The Balaban J connectivity index is 1.34. The number of carbonyl (C=O) groups excluding carboxylic acids is 1. The van der Waals surface area contributed by atoms with Crippen LogP contribution in [0.25, 0.3) is 0 Å². The van der Waals surface area contributed by atoms with Crippen LogP contribution in [0.2, 0.25) is 5.02 Å². The van der Waals surface area contributed by atoms with Gasteiger partial charge in [0.1, 0.15) is 11.6 Å². The van der Waals surface area contributed by atoms with Gasteiger partial charge in [-0.15, -0.1) is 13.2 Å². The van der Waals surface area contributed by atoms with Gasteiger partial charge in [-0.2, -0.15) is 0 Å². The molecular weight excluding hydrogens is 798 g/mol. The van der Waals surface area contributed by atoms with E-state index in [1.807, 2.05) is 61.2 Å². The Morgan fingerprint density at radius 2 is 1.73 bits per heavy atom. The molecule has 12 heteroatoms. The number of hydrogen-bond donors (Lipinski definition) is 3. The summed E-state index contributed by atoms with van der Waals surface area (Å²) in [6.45, 7) is 4.74. The zero-order valence-corrected chi connectivity index (χ0v) is 34.8. The van der Waals surface area contributed by atoms with Gasteiger partial charge in [0.2, 0.25) is 0 Å². The van der Waals surface area contributed by atoms with Crippen molar-refractivity contribution in [2.45, 2.75) is 108 Å². The molecule has 7 nitrogen and oxygen atoms in total. The molecule has 0 aromatic heterocycles. The molecule has 2 bridgehead atoms. The summed E-state index contributed by atoms with van der Waals surface area (Å²) in [5.74, 6) is -1.59. The Morgan fingerprint density at radius 3 is 2.45 bits per heavy atom. The number of ether oxygens (including phenoxy) is 2. The number of aliphatic hydroxyl groups excluding tert-OH is 2. The molecule has 4 aromatic carbocycles. The summed E-state index contributed by atoms with van der Waals surface area (Å²) < 4.78 is 63.9. The van der Waals surface area contributed by atoms with Crippen molar-refractivity contribution in [1.29, 1.82) is 0 Å². The molecule has 3 N–H and O–H groups in total. The lowest BCUT2D eigenvalue weighted by molar-refractivity contribution is -0.274. The number of aliphatic hydroxyl groups is 3. The number of ketones is 1. The lowest BCUT2D eigenvalue weighted by Gasteiger charge is -2.46. The predicted molar refractivity (Wildman–Crippen MR) is 223 cm³/mol. The average Bonchev–Trinajstić information content (AvgIpc) is 3.44. The predicted octanol–water partition coefficient (Wildman–Crippen LogP) is 9.92. The van der Waals surface area contributed by atoms with Crippen LogP contribution in [-0.2, 0) is 30.7 Å². The highest BCUT2D eigenvalue weighted by molar-refractivity contribution is 6.31. The fourth-order valence-electron chi connectivity index (χ4n) is 9.05. The molecule has 0 heterocycles. The van der Waals surface area contributed by atoms with Crippen LogP contribution in [0.3, 0.4) is 0 Å². The largest absolute Gasteiger partial charge is 0.573 e. The number of halogens is 5. The maximum atomic E-state index is 15.0. The molecular formula is C48H54ClF4NO6. The molecule has 0 amide bonds. The van der Waals surface area contributed by atoms with E-state index >= 15 is 4.39 Å². The molecule has 1 fully saturated rings.